The van der Waals surface area contributed by atoms with Crippen molar-refractivity contribution in [1.29, 1.82) is 0 Å². The number of hydrogen-bond acceptors (Lipinski definition) is 2. The van der Waals surface area contributed by atoms with E-state index in [-0.39, 0.29) is 0 Å². The highest BCUT2D eigenvalue weighted by atomic mass is 32.1. The van der Waals surface area contributed by atoms with Crippen LogP contribution in [0.15, 0.2) is 54.6 Å². The van der Waals surface area contributed by atoms with Gasteiger partial charge in [-0.1, -0.05) is 60.2 Å². The van der Waals surface area contributed by atoms with Crippen molar-refractivity contribution < 1.29 is 0 Å². The van der Waals surface area contributed by atoms with Gasteiger partial charge in [-0.3, -0.25) is 0 Å². The molecule has 0 unspecified atom stereocenters. The summed E-state index contributed by atoms with van der Waals surface area (Å²) in [6.45, 7) is 6.13. The van der Waals surface area contributed by atoms with Gasteiger partial charge in [0.05, 0.1) is 0 Å². The molecule has 0 N–H and O–H groups in total. The van der Waals surface area contributed by atoms with Crippen LogP contribution in [-0.2, 0) is 0 Å². The molecule has 0 amide bonds. The van der Waals surface area contributed by atoms with E-state index in [2.05, 4.69) is 71.3 Å². The Hall–Kier alpha value is -1.87. The van der Waals surface area contributed by atoms with Gasteiger partial charge in [0.1, 0.15) is 4.99 Å². The predicted molar refractivity (Wildman–Crippen MR) is 93.1 cm³/mol. The smallest absolute Gasteiger partial charge is 0.109 e. The van der Waals surface area contributed by atoms with E-state index < -0.39 is 0 Å². The van der Waals surface area contributed by atoms with Crippen molar-refractivity contribution in [2.24, 2.45) is 0 Å². The van der Waals surface area contributed by atoms with E-state index in [1.165, 1.54) is 11.3 Å². The zero-order chi connectivity index (χ0) is 14.7. The molecule has 1 saturated heterocycles. The first kappa shape index (κ1) is 14.1. The molecule has 0 aromatic heterocycles. The minimum atomic E-state index is 0.975. The van der Waals surface area contributed by atoms with Crippen LogP contribution >= 0.6 is 12.2 Å². The average Bonchev–Trinajstić information content (AvgIpc) is 2.56. The van der Waals surface area contributed by atoms with Gasteiger partial charge in [-0.05, 0) is 19.1 Å². The van der Waals surface area contributed by atoms with Crippen LogP contribution in [0.1, 0.15) is 11.1 Å². The van der Waals surface area contributed by atoms with Gasteiger partial charge in [0.25, 0.3) is 0 Å². The van der Waals surface area contributed by atoms with E-state index in [4.69, 9.17) is 12.2 Å². The lowest BCUT2D eigenvalue weighted by atomic mass is 10.1. The summed E-state index contributed by atoms with van der Waals surface area (Å²) >= 11 is 5.65. The average molecular weight is 296 g/mol. The monoisotopic (exact) mass is 296 g/mol. The molecule has 0 saturated carbocycles. The number of para-hydroxylation sites is 1. The molecule has 2 nitrogen and oxygen atoms in total. The Morgan fingerprint density at radius 3 is 2.10 bits per heavy atom. The van der Waals surface area contributed by atoms with Crippen LogP contribution < -0.4 is 4.90 Å². The van der Waals surface area contributed by atoms with Crippen molar-refractivity contribution in [3.05, 3.63) is 65.7 Å². The Kier molecular flexibility index (Phi) is 4.20. The van der Waals surface area contributed by atoms with E-state index in [9.17, 15) is 0 Å². The minimum absolute atomic E-state index is 0.975. The Morgan fingerprint density at radius 2 is 1.48 bits per heavy atom. The third-order valence-electron chi connectivity index (χ3n) is 3.99. The number of rotatable bonds is 2. The molecule has 21 heavy (non-hydrogen) atoms. The van der Waals surface area contributed by atoms with Crippen LogP contribution in [0.3, 0.4) is 0 Å². The van der Waals surface area contributed by atoms with Crippen molar-refractivity contribution >= 4 is 22.9 Å². The molecule has 0 aliphatic carbocycles. The Morgan fingerprint density at radius 1 is 0.857 bits per heavy atom. The number of piperazine rings is 1. The predicted octanol–water partition coefficient (Wildman–Crippen LogP) is 3.49. The van der Waals surface area contributed by atoms with E-state index in [0.29, 0.717) is 0 Å². The fourth-order valence-electron chi connectivity index (χ4n) is 2.69. The lowest BCUT2D eigenvalue weighted by Gasteiger charge is -2.37. The van der Waals surface area contributed by atoms with Crippen LogP contribution in [0.2, 0.25) is 0 Å². The van der Waals surface area contributed by atoms with E-state index in [0.717, 1.165) is 36.7 Å². The van der Waals surface area contributed by atoms with E-state index in [1.807, 2.05) is 0 Å². The SMILES string of the molecule is Cc1ccc(C(=S)N2CCN(c3ccccc3)CC2)cc1. The number of anilines is 1. The first-order chi connectivity index (χ1) is 10.2. The van der Waals surface area contributed by atoms with Crippen LogP contribution in [0.4, 0.5) is 5.69 Å². The highest BCUT2D eigenvalue weighted by Crippen LogP contribution is 2.17. The summed E-state index contributed by atoms with van der Waals surface area (Å²) in [6.07, 6.45) is 0. The topological polar surface area (TPSA) is 6.48 Å². The molecule has 0 radical (unpaired) electrons. The summed E-state index contributed by atoms with van der Waals surface area (Å²) in [7, 11) is 0. The number of thiocarbonyl (C=S) groups is 1. The molecule has 2 aromatic carbocycles. The number of hydrogen-bond donors (Lipinski definition) is 0. The first-order valence-corrected chi connectivity index (χ1v) is 7.81. The lowest BCUT2D eigenvalue weighted by molar-refractivity contribution is 0.392. The van der Waals surface area contributed by atoms with E-state index in [1.54, 1.807) is 0 Å². The van der Waals surface area contributed by atoms with Crippen LogP contribution in [0.25, 0.3) is 0 Å². The van der Waals surface area contributed by atoms with Crippen LogP contribution in [0.5, 0.6) is 0 Å². The molecule has 108 valence electrons. The summed E-state index contributed by atoms with van der Waals surface area (Å²) in [4.78, 5) is 5.72. The third kappa shape index (κ3) is 3.24. The summed E-state index contributed by atoms with van der Waals surface area (Å²) in [5.41, 5.74) is 3.73. The lowest BCUT2D eigenvalue weighted by Crippen LogP contribution is -2.48. The van der Waals surface area contributed by atoms with Gasteiger partial charge >= 0.3 is 0 Å². The number of aryl methyl sites for hydroxylation is 1. The van der Waals surface area contributed by atoms with Gasteiger partial charge in [-0.15, -0.1) is 0 Å². The number of nitrogens with zero attached hydrogens (tertiary/aromatic N) is 2. The van der Waals surface area contributed by atoms with Crippen LogP contribution in [0, 0.1) is 6.92 Å². The van der Waals surface area contributed by atoms with Gasteiger partial charge in [0.2, 0.25) is 0 Å². The Balaban J connectivity index is 1.63. The molecule has 1 fully saturated rings. The fraction of sp³-hybridized carbons (Fsp3) is 0.278. The van der Waals surface area contributed by atoms with Gasteiger partial charge in [-0.2, -0.15) is 0 Å². The van der Waals surface area contributed by atoms with Crippen molar-refractivity contribution in [1.82, 2.24) is 4.90 Å². The molecule has 1 aliphatic heterocycles. The molecule has 1 heterocycles. The second-order valence-corrected chi connectivity index (χ2v) is 5.87. The summed E-state index contributed by atoms with van der Waals surface area (Å²) in [5.74, 6) is 0. The highest BCUT2D eigenvalue weighted by Gasteiger charge is 2.19. The molecule has 2 aromatic rings. The van der Waals surface area contributed by atoms with Gasteiger partial charge in [0.15, 0.2) is 0 Å². The van der Waals surface area contributed by atoms with Gasteiger partial charge in [-0.25, -0.2) is 0 Å². The van der Waals surface area contributed by atoms with Crippen molar-refractivity contribution in [3.8, 4) is 0 Å². The minimum Gasteiger partial charge on any atom is -0.368 e. The quantitative estimate of drug-likeness (QED) is 0.783. The largest absolute Gasteiger partial charge is 0.368 e. The van der Waals surface area contributed by atoms with Gasteiger partial charge in [0, 0.05) is 37.4 Å². The van der Waals surface area contributed by atoms with Gasteiger partial charge < -0.3 is 9.80 Å². The van der Waals surface area contributed by atoms with Crippen molar-refractivity contribution in [2.45, 2.75) is 6.92 Å². The number of benzene rings is 2. The standard InChI is InChI=1S/C18H20N2S/c1-15-7-9-16(10-8-15)18(21)20-13-11-19(12-14-20)17-5-3-2-4-6-17/h2-10H,11-14H2,1H3. The third-order valence-corrected chi connectivity index (χ3v) is 4.48. The maximum absolute atomic E-state index is 5.65. The van der Waals surface area contributed by atoms with E-state index >= 15 is 0 Å². The molecule has 3 rings (SSSR count). The molecular weight excluding hydrogens is 276 g/mol. The molecule has 0 atom stereocenters. The summed E-state index contributed by atoms with van der Waals surface area (Å²) in [5, 5.41) is 0. The molecule has 0 bridgehead atoms. The molecule has 1 aliphatic rings. The maximum atomic E-state index is 5.65. The Bertz CT molecular complexity index is 599. The molecular formula is C18H20N2S. The normalized spacial score (nSPS) is 15.1. The maximum Gasteiger partial charge on any atom is 0.109 e. The zero-order valence-corrected chi connectivity index (χ0v) is 13.1. The van der Waals surface area contributed by atoms with Crippen molar-refractivity contribution in [3.63, 3.8) is 0 Å². The molecule has 3 heteroatoms. The second kappa shape index (κ2) is 6.27. The highest BCUT2D eigenvalue weighted by molar-refractivity contribution is 7.80. The van der Waals surface area contributed by atoms with Crippen LogP contribution in [-0.4, -0.2) is 36.1 Å². The summed E-state index contributed by atoms with van der Waals surface area (Å²) in [6, 6.07) is 19.1. The first-order valence-electron chi connectivity index (χ1n) is 7.40. The second-order valence-electron chi connectivity index (χ2n) is 5.48. The Labute approximate surface area is 132 Å². The zero-order valence-electron chi connectivity index (χ0n) is 12.3. The fourth-order valence-corrected chi connectivity index (χ4v) is 3.00. The molecule has 0 spiro atoms. The van der Waals surface area contributed by atoms with Crippen molar-refractivity contribution in [2.75, 3.05) is 31.1 Å². The summed E-state index contributed by atoms with van der Waals surface area (Å²) < 4.78 is 0.